The number of rotatable bonds is 8. The van der Waals surface area contributed by atoms with Crippen molar-refractivity contribution >= 4 is 0 Å². The van der Waals surface area contributed by atoms with Gasteiger partial charge in [-0.05, 0) is 37.2 Å². The summed E-state index contributed by atoms with van der Waals surface area (Å²) in [7, 11) is 0. The second kappa shape index (κ2) is 9.25. The van der Waals surface area contributed by atoms with Gasteiger partial charge in [-0.3, -0.25) is 0 Å². The van der Waals surface area contributed by atoms with Crippen LogP contribution in [0.3, 0.4) is 0 Å². The Balaban J connectivity index is 2.01. The predicted molar refractivity (Wildman–Crippen MR) is 92.5 cm³/mol. The Hall–Kier alpha value is -0.820. The molecule has 1 aliphatic carbocycles. The van der Waals surface area contributed by atoms with Crippen molar-refractivity contribution in [1.29, 1.82) is 0 Å². The van der Waals surface area contributed by atoms with Crippen LogP contribution in [-0.2, 0) is 0 Å². The van der Waals surface area contributed by atoms with Crippen molar-refractivity contribution in [2.45, 2.75) is 83.7 Å². The van der Waals surface area contributed by atoms with E-state index >= 15 is 0 Å². The van der Waals surface area contributed by atoms with Gasteiger partial charge in [0.05, 0.1) is 0 Å². The Morgan fingerprint density at radius 1 is 1.05 bits per heavy atom. The van der Waals surface area contributed by atoms with E-state index in [1.54, 1.807) is 0 Å². The second-order valence-electron chi connectivity index (χ2n) is 6.68. The van der Waals surface area contributed by atoms with Crippen LogP contribution in [0.4, 0.5) is 0 Å². The first-order chi connectivity index (χ1) is 10.3. The molecule has 2 rings (SSSR count). The molecule has 0 saturated heterocycles. The van der Waals surface area contributed by atoms with Gasteiger partial charge in [0.2, 0.25) is 0 Å². The number of benzene rings is 1. The van der Waals surface area contributed by atoms with Crippen molar-refractivity contribution in [1.82, 2.24) is 5.32 Å². The average molecular weight is 287 g/mol. The Labute approximate surface area is 131 Å². The van der Waals surface area contributed by atoms with Gasteiger partial charge < -0.3 is 5.32 Å². The van der Waals surface area contributed by atoms with Gasteiger partial charge in [0.15, 0.2) is 0 Å². The molecule has 0 amide bonds. The zero-order chi connectivity index (χ0) is 14.9. The molecule has 1 fully saturated rings. The third-order valence-electron chi connectivity index (χ3n) is 5.12. The third kappa shape index (κ3) is 5.14. The fourth-order valence-corrected chi connectivity index (χ4v) is 3.82. The Bertz CT molecular complexity index is 367. The minimum atomic E-state index is 0.540. The van der Waals surface area contributed by atoms with Crippen LogP contribution in [-0.4, -0.2) is 6.04 Å². The van der Waals surface area contributed by atoms with Gasteiger partial charge >= 0.3 is 0 Å². The summed E-state index contributed by atoms with van der Waals surface area (Å²) in [6.45, 7) is 4.65. The summed E-state index contributed by atoms with van der Waals surface area (Å²) in [5.74, 6) is 0.900. The van der Waals surface area contributed by atoms with E-state index in [0.29, 0.717) is 12.1 Å². The first-order valence-corrected chi connectivity index (χ1v) is 9.16. The molecule has 2 unspecified atom stereocenters. The molecule has 2 atom stereocenters. The predicted octanol–water partition coefficient (Wildman–Crippen LogP) is 5.87. The van der Waals surface area contributed by atoms with Crippen LogP contribution < -0.4 is 5.32 Å². The van der Waals surface area contributed by atoms with Crippen molar-refractivity contribution in [3.63, 3.8) is 0 Å². The van der Waals surface area contributed by atoms with E-state index in [9.17, 15) is 0 Å². The molecule has 0 radical (unpaired) electrons. The fraction of sp³-hybridized carbons (Fsp3) is 0.700. The highest BCUT2D eigenvalue weighted by molar-refractivity contribution is 5.19. The summed E-state index contributed by atoms with van der Waals surface area (Å²) >= 11 is 0. The molecule has 0 aromatic heterocycles. The summed E-state index contributed by atoms with van der Waals surface area (Å²) in [5, 5.41) is 4.02. The Morgan fingerprint density at radius 3 is 2.38 bits per heavy atom. The summed E-state index contributed by atoms with van der Waals surface area (Å²) in [5.41, 5.74) is 1.47. The van der Waals surface area contributed by atoms with Crippen molar-refractivity contribution in [2.75, 3.05) is 0 Å². The standard InChI is InChI=1S/C20H33N/c1-3-5-16-20(18-14-10-7-11-15-18)21-19(4-2)17-12-8-6-9-13-17/h7,10-11,14-15,17,19-21H,3-6,8-9,12-13,16H2,1-2H3. The molecule has 1 N–H and O–H groups in total. The zero-order valence-corrected chi connectivity index (χ0v) is 14.0. The number of nitrogens with one attached hydrogen (secondary N) is 1. The van der Waals surface area contributed by atoms with E-state index in [1.807, 2.05) is 0 Å². The molecule has 1 aliphatic rings. The number of hydrogen-bond donors (Lipinski definition) is 1. The quantitative estimate of drug-likeness (QED) is 0.631. The van der Waals surface area contributed by atoms with Gasteiger partial charge in [-0.15, -0.1) is 0 Å². The van der Waals surface area contributed by atoms with Gasteiger partial charge in [0.1, 0.15) is 0 Å². The second-order valence-corrected chi connectivity index (χ2v) is 6.68. The summed E-state index contributed by atoms with van der Waals surface area (Å²) in [4.78, 5) is 0. The summed E-state index contributed by atoms with van der Waals surface area (Å²) < 4.78 is 0. The van der Waals surface area contributed by atoms with Crippen LogP contribution in [0, 0.1) is 5.92 Å². The normalized spacial score (nSPS) is 19.3. The highest BCUT2D eigenvalue weighted by Crippen LogP contribution is 2.30. The topological polar surface area (TPSA) is 12.0 Å². The monoisotopic (exact) mass is 287 g/mol. The maximum absolute atomic E-state index is 4.02. The van der Waals surface area contributed by atoms with Gasteiger partial charge in [0, 0.05) is 12.1 Å². The van der Waals surface area contributed by atoms with Gasteiger partial charge in [-0.25, -0.2) is 0 Å². The van der Waals surface area contributed by atoms with E-state index in [0.717, 1.165) is 5.92 Å². The molecule has 1 heteroatoms. The van der Waals surface area contributed by atoms with Gasteiger partial charge in [-0.2, -0.15) is 0 Å². The summed E-state index contributed by atoms with van der Waals surface area (Å²) in [6, 6.07) is 12.3. The van der Waals surface area contributed by atoms with Crippen LogP contribution in [0.5, 0.6) is 0 Å². The Kier molecular flexibility index (Phi) is 7.29. The number of unbranched alkanes of at least 4 members (excludes halogenated alkanes) is 1. The van der Waals surface area contributed by atoms with Crippen LogP contribution in [0.25, 0.3) is 0 Å². The summed E-state index contributed by atoms with van der Waals surface area (Å²) in [6.07, 6.45) is 12.3. The highest BCUT2D eigenvalue weighted by atomic mass is 15.0. The molecule has 1 saturated carbocycles. The lowest BCUT2D eigenvalue weighted by molar-refractivity contribution is 0.241. The van der Waals surface area contributed by atoms with Gasteiger partial charge in [0.25, 0.3) is 0 Å². The lowest BCUT2D eigenvalue weighted by Crippen LogP contribution is -2.39. The SMILES string of the molecule is CCCCC(NC(CC)C1CCCCC1)c1ccccc1. The van der Waals surface area contributed by atoms with E-state index < -0.39 is 0 Å². The molecule has 118 valence electrons. The molecule has 0 aliphatic heterocycles. The van der Waals surface area contributed by atoms with E-state index in [2.05, 4.69) is 49.5 Å². The Morgan fingerprint density at radius 2 is 1.76 bits per heavy atom. The molecule has 1 aromatic carbocycles. The maximum atomic E-state index is 4.02. The first-order valence-electron chi connectivity index (χ1n) is 9.16. The number of hydrogen-bond acceptors (Lipinski definition) is 1. The molecule has 0 spiro atoms. The molecular weight excluding hydrogens is 254 g/mol. The molecule has 0 bridgehead atoms. The van der Waals surface area contributed by atoms with Crippen molar-refractivity contribution in [2.24, 2.45) is 5.92 Å². The fourth-order valence-electron chi connectivity index (χ4n) is 3.82. The minimum absolute atomic E-state index is 0.540. The third-order valence-corrected chi connectivity index (χ3v) is 5.12. The van der Waals surface area contributed by atoms with Crippen LogP contribution in [0.1, 0.15) is 83.2 Å². The highest BCUT2D eigenvalue weighted by Gasteiger charge is 2.24. The van der Waals surface area contributed by atoms with E-state index in [1.165, 1.54) is 63.4 Å². The first kappa shape index (κ1) is 16.5. The van der Waals surface area contributed by atoms with Crippen LogP contribution in [0.15, 0.2) is 30.3 Å². The van der Waals surface area contributed by atoms with Crippen LogP contribution in [0.2, 0.25) is 0 Å². The lowest BCUT2D eigenvalue weighted by atomic mass is 9.82. The van der Waals surface area contributed by atoms with E-state index in [-0.39, 0.29) is 0 Å². The molecule has 21 heavy (non-hydrogen) atoms. The van der Waals surface area contributed by atoms with Gasteiger partial charge in [-0.1, -0.05) is 76.3 Å². The molecule has 0 heterocycles. The van der Waals surface area contributed by atoms with Crippen molar-refractivity contribution in [3.05, 3.63) is 35.9 Å². The van der Waals surface area contributed by atoms with Crippen molar-refractivity contribution in [3.8, 4) is 0 Å². The van der Waals surface area contributed by atoms with Crippen LogP contribution >= 0.6 is 0 Å². The van der Waals surface area contributed by atoms with Crippen molar-refractivity contribution < 1.29 is 0 Å². The average Bonchev–Trinajstić information content (AvgIpc) is 2.57. The molecular formula is C20H33N. The molecule has 1 aromatic rings. The molecule has 1 nitrogen and oxygen atoms in total. The zero-order valence-electron chi connectivity index (χ0n) is 14.0. The van der Waals surface area contributed by atoms with E-state index in [4.69, 9.17) is 0 Å². The smallest absolute Gasteiger partial charge is 0.0322 e. The largest absolute Gasteiger partial charge is 0.307 e. The lowest BCUT2D eigenvalue weighted by Gasteiger charge is -2.34. The minimum Gasteiger partial charge on any atom is -0.307 e. The maximum Gasteiger partial charge on any atom is 0.0322 e.